The van der Waals surface area contributed by atoms with Crippen LogP contribution in [0.5, 0.6) is 0 Å². The smallest absolute Gasteiger partial charge is 0.123 e. The largest absolute Gasteiger partial charge is 0.303 e. The lowest BCUT2D eigenvalue weighted by Crippen LogP contribution is -2.05. The molecule has 0 saturated heterocycles. The van der Waals surface area contributed by atoms with Gasteiger partial charge in [0.05, 0.1) is 0 Å². The molecule has 1 aromatic carbocycles. The molecular weight excluding hydrogens is 184 g/mol. The summed E-state index contributed by atoms with van der Waals surface area (Å²) in [5.41, 5.74) is 4.34. The highest BCUT2D eigenvalue weighted by Gasteiger charge is 2.10. The fourth-order valence-corrected chi connectivity index (χ4v) is 2.33. The molecule has 1 aliphatic rings. The molecule has 0 aliphatic heterocycles. The minimum Gasteiger partial charge on any atom is -0.303 e. The van der Waals surface area contributed by atoms with Crippen molar-refractivity contribution in [3.63, 3.8) is 0 Å². The lowest BCUT2D eigenvalue weighted by molar-refractivity contribution is -0.110. The highest BCUT2D eigenvalue weighted by Crippen LogP contribution is 2.23. The molecule has 1 unspecified atom stereocenters. The van der Waals surface area contributed by atoms with E-state index >= 15 is 0 Å². The Balaban J connectivity index is 2.16. The number of fused-ring (bicyclic) bond motifs is 1. The summed E-state index contributed by atoms with van der Waals surface area (Å²) in [5, 5.41) is 0. The molecule has 0 amide bonds. The molecule has 0 heterocycles. The van der Waals surface area contributed by atoms with E-state index in [1.165, 1.54) is 42.4 Å². The number of carbonyl (C=O) groups is 1. The third-order valence-electron chi connectivity index (χ3n) is 3.20. The second kappa shape index (κ2) is 4.61. The van der Waals surface area contributed by atoms with Crippen molar-refractivity contribution in [2.45, 2.75) is 39.0 Å². The fourth-order valence-electron chi connectivity index (χ4n) is 2.33. The number of carbonyl (C=O) groups excluding carboxylic acids is 1. The molecule has 0 saturated carbocycles. The molecule has 1 aromatic rings. The number of aryl methyl sites for hydroxylation is 2. The maximum absolute atomic E-state index is 10.6. The first-order valence-electron chi connectivity index (χ1n) is 5.85. The Labute approximate surface area is 91.5 Å². The van der Waals surface area contributed by atoms with Gasteiger partial charge in [-0.2, -0.15) is 0 Å². The number of rotatable bonds is 3. The van der Waals surface area contributed by atoms with E-state index < -0.39 is 0 Å². The minimum atomic E-state index is 0.145. The highest BCUT2D eigenvalue weighted by molar-refractivity contribution is 5.53. The van der Waals surface area contributed by atoms with Crippen LogP contribution < -0.4 is 0 Å². The molecule has 0 bridgehead atoms. The van der Waals surface area contributed by atoms with E-state index in [1.54, 1.807) is 0 Å². The first-order valence-corrected chi connectivity index (χ1v) is 5.85. The minimum absolute atomic E-state index is 0.145. The molecule has 0 N–H and O–H groups in total. The Morgan fingerprint density at radius 3 is 2.73 bits per heavy atom. The van der Waals surface area contributed by atoms with Gasteiger partial charge >= 0.3 is 0 Å². The lowest BCUT2D eigenvalue weighted by atomic mass is 9.89. The summed E-state index contributed by atoms with van der Waals surface area (Å²) in [6.07, 6.45) is 7.03. The predicted molar refractivity (Wildman–Crippen MR) is 62.0 cm³/mol. The average Bonchev–Trinajstić information content (AvgIpc) is 2.29. The second-order valence-corrected chi connectivity index (χ2v) is 4.63. The van der Waals surface area contributed by atoms with E-state index in [-0.39, 0.29) is 5.92 Å². The van der Waals surface area contributed by atoms with Crippen molar-refractivity contribution in [2.24, 2.45) is 5.92 Å². The van der Waals surface area contributed by atoms with E-state index in [0.29, 0.717) is 0 Å². The third-order valence-corrected chi connectivity index (χ3v) is 3.20. The van der Waals surface area contributed by atoms with Crippen molar-refractivity contribution in [3.05, 3.63) is 34.9 Å². The zero-order valence-corrected chi connectivity index (χ0v) is 9.33. The molecular formula is C14H18O. The molecule has 15 heavy (non-hydrogen) atoms. The quantitative estimate of drug-likeness (QED) is 0.689. The van der Waals surface area contributed by atoms with Crippen LogP contribution in [-0.4, -0.2) is 6.29 Å². The van der Waals surface area contributed by atoms with Gasteiger partial charge in [0.2, 0.25) is 0 Å². The van der Waals surface area contributed by atoms with Gasteiger partial charge in [-0.25, -0.2) is 0 Å². The normalized spacial score (nSPS) is 16.9. The summed E-state index contributed by atoms with van der Waals surface area (Å²) in [7, 11) is 0. The van der Waals surface area contributed by atoms with E-state index in [1.807, 2.05) is 6.92 Å². The predicted octanol–water partition coefficient (Wildman–Crippen LogP) is 2.94. The Bertz CT molecular complexity index is 354. The standard InChI is InChI=1S/C14H18O/c1-11(10-15)8-12-6-7-13-4-2-3-5-14(13)9-12/h6-7,9-11H,2-5,8H2,1H3. The van der Waals surface area contributed by atoms with Crippen LogP contribution in [0.1, 0.15) is 36.5 Å². The van der Waals surface area contributed by atoms with Gasteiger partial charge in [0, 0.05) is 5.92 Å². The SMILES string of the molecule is CC(C=O)Cc1ccc2c(c1)CCCC2. The maximum atomic E-state index is 10.6. The lowest BCUT2D eigenvalue weighted by Gasteiger charge is -2.16. The molecule has 0 fully saturated rings. The van der Waals surface area contributed by atoms with Crippen molar-refractivity contribution in [3.8, 4) is 0 Å². The van der Waals surface area contributed by atoms with Gasteiger partial charge in [-0.1, -0.05) is 25.1 Å². The Morgan fingerprint density at radius 1 is 1.27 bits per heavy atom. The van der Waals surface area contributed by atoms with Crippen molar-refractivity contribution in [2.75, 3.05) is 0 Å². The molecule has 1 nitrogen and oxygen atoms in total. The Hall–Kier alpha value is -1.11. The second-order valence-electron chi connectivity index (χ2n) is 4.63. The van der Waals surface area contributed by atoms with Crippen LogP contribution in [0.4, 0.5) is 0 Å². The van der Waals surface area contributed by atoms with Crippen molar-refractivity contribution >= 4 is 6.29 Å². The number of benzene rings is 1. The van der Waals surface area contributed by atoms with Crippen molar-refractivity contribution in [1.29, 1.82) is 0 Å². The maximum Gasteiger partial charge on any atom is 0.123 e. The monoisotopic (exact) mass is 202 g/mol. The zero-order valence-electron chi connectivity index (χ0n) is 9.33. The van der Waals surface area contributed by atoms with Crippen LogP contribution in [0.25, 0.3) is 0 Å². The van der Waals surface area contributed by atoms with Gasteiger partial charge in [-0.05, 0) is 48.8 Å². The molecule has 1 atom stereocenters. The summed E-state index contributed by atoms with van der Waals surface area (Å²) in [6, 6.07) is 6.74. The van der Waals surface area contributed by atoms with Crippen LogP contribution >= 0.6 is 0 Å². The molecule has 1 aliphatic carbocycles. The van der Waals surface area contributed by atoms with Crippen LogP contribution in [0.15, 0.2) is 18.2 Å². The van der Waals surface area contributed by atoms with Gasteiger partial charge in [-0.15, -0.1) is 0 Å². The van der Waals surface area contributed by atoms with Crippen molar-refractivity contribution in [1.82, 2.24) is 0 Å². The van der Waals surface area contributed by atoms with Crippen LogP contribution in [0.3, 0.4) is 0 Å². The van der Waals surface area contributed by atoms with Gasteiger partial charge in [0.15, 0.2) is 0 Å². The molecule has 80 valence electrons. The average molecular weight is 202 g/mol. The number of aldehydes is 1. The summed E-state index contributed by atoms with van der Waals surface area (Å²) in [5.74, 6) is 0.145. The Kier molecular flexibility index (Phi) is 3.20. The van der Waals surface area contributed by atoms with Gasteiger partial charge in [-0.3, -0.25) is 0 Å². The van der Waals surface area contributed by atoms with Gasteiger partial charge in [0.1, 0.15) is 6.29 Å². The zero-order chi connectivity index (χ0) is 10.7. The molecule has 0 spiro atoms. The van der Waals surface area contributed by atoms with E-state index in [9.17, 15) is 4.79 Å². The summed E-state index contributed by atoms with van der Waals surface area (Å²) < 4.78 is 0. The van der Waals surface area contributed by atoms with E-state index in [2.05, 4.69) is 18.2 Å². The number of hydrogen-bond donors (Lipinski definition) is 0. The van der Waals surface area contributed by atoms with Crippen molar-refractivity contribution < 1.29 is 4.79 Å². The van der Waals surface area contributed by atoms with Crippen LogP contribution in [0.2, 0.25) is 0 Å². The number of hydrogen-bond acceptors (Lipinski definition) is 1. The summed E-state index contributed by atoms with van der Waals surface area (Å²) >= 11 is 0. The fraction of sp³-hybridized carbons (Fsp3) is 0.500. The first-order chi connectivity index (χ1) is 7.29. The Morgan fingerprint density at radius 2 is 2.00 bits per heavy atom. The topological polar surface area (TPSA) is 17.1 Å². The third kappa shape index (κ3) is 2.47. The van der Waals surface area contributed by atoms with E-state index in [0.717, 1.165) is 12.7 Å². The highest BCUT2D eigenvalue weighted by atomic mass is 16.1. The molecule has 0 radical (unpaired) electrons. The van der Waals surface area contributed by atoms with Gasteiger partial charge in [0.25, 0.3) is 0 Å². The molecule has 1 heteroatoms. The summed E-state index contributed by atoms with van der Waals surface area (Å²) in [4.78, 5) is 10.6. The summed E-state index contributed by atoms with van der Waals surface area (Å²) in [6.45, 7) is 1.98. The van der Waals surface area contributed by atoms with Crippen LogP contribution in [-0.2, 0) is 24.1 Å². The molecule has 2 rings (SSSR count). The van der Waals surface area contributed by atoms with E-state index in [4.69, 9.17) is 0 Å². The first kappa shape index (κ1) is 10.4. The van der Waals surface area contributed by atoms with Gasteiger partial charge < -0.3 is 4.79 Å². The van der Waals surface area contributed by atoms with Crippen LogP contribution in [0, 0.1) is 5.92 Å². The molecule has 0 aromatic heterocycles.